The highest BCUT2D eigenvalue weighted by Gasteiger charge is 2.26. The number of aryl methyl sites for hydroxylation is 1. The first-order valence-electron chi connectivity index (χ1n) is 8.38. The second-order valence-corrected chi connectivity index (χ2v) is 7.04. The average Bonchev–Trinajstić information content (AvgIpc) is 3.05. The van der Waals surface area contributed by atoms with Gasteiger partial charge in [0.15, 0.2) is 5.82 Å². The van der Waals surface area contributed by atoms with Crippen LogP contribution in [0, 0.1) is 6.92 Å². The van der Waals surface area contributed by atoms with Gasteiger partial charge < -0.3 is 9.84 Å². The van der Waals surface area contributed by atoms with E-state index in [1.165, 1.54) is 0 Å². The van der Waals surface area contributed by atoms with Crippen LogP contribution in [0.2, 0.25) is 10.0 Å². The van der Waals surface area contributed by atoms with Crippen molar-refractivity contribution in [3.05, 3.63) is 81.5 Å². The lowest BCUT2D eigenvalue weighted by molar-refractivity contribution is -0.121. The Hall–Kier alpha value is -2.34. The van der Waals surface area contributed by atoms with Gasteiger partial charge in [0.05, 0.1) is 10.0 Å². The number of anilines is 1. The first kappa shape index (κ1) is 19.4. The summed E-state index contributed by atoms with van der Waals surface area (Å²) in [5, 5.41) is 7.62. The number of likely N-dealkylation sites (N-methyl/N-ethyl adjacent to an activating group) is 1. The largest absolute Gasteiger partial charge is 0.360 e. The van der Waals surface area contributed by atoms with Gasteiger partial charge >= 0.3 is 0 Å². The summed E-state index contributed by atoms with van der Waals surface area (Å²) in [5.74, 6) is 0.795. The van der Waals surface area contributed by atoms with Crippen molar-refractivity contribution in [3.63, 3.8) is 0 Å². The molecular formula is C20H19Cl2N3O2. The van der Waals surface area contributed by atoms with Gasteiger partial charge in [0.25, 0.3) is 0 Å². The van der Waals surface area contributed by atoms with Gasteiger partial charge in [-0.25, -0.2) is 0 Å². The zero-order valence-corrected chi connectivity index (χ0v) is 16.5. The maximum absolute atomic E-state index is 13.0. The standard InChI is InChI=1S/C20H19Cl2N3O2/c1-13-11-17(24-27-13)23-20(26)19(14-7-4-3-5-8-14)25(2)12-15-9-6-10-16(21)18(15)22/h3-11,19H,12H2,1-2H3,(H,23,24,26). The zero-order valence-electron chi connectivity index (χ0n) is 14.9. The third-order valence-corrected chi connectivity index (χ3v) is 4.99. The van der Waals surface area contributed by atoms with E-state index in [1.54, 1.807) is 19.1 Å². The molecule has 1 aromatic heterocycles. The molecule has 0 aliphatic rings. The van der Waals surface area contributed by atoms with Crippen LogP contribution >= 0.6 is 23.2 Å². The van der Waals surface area contributed by atoms with Crippen LogP contribution in [0.5, 0.6) is 0 Å². The number of halogens is 2. The Kier molecular flexibility index (Phi) is 6.16. The number of aromatic nitrogens is 1. The molecule has 1 N–H and O–H groups in total. The average molecular weight is 404 g/mol. The maximum Gasteiger partial charge on any atom is 0.247 e. The van der Waals surface area contributed by atoms with Crippen molar-refractivity contribution in [2.75, 3.05) is 12.4 Å². The van der Waals surface area contributed by atoms with E-state index in [9.17, 15) is 4.79 Å². The molecule has 0 aliphatic carbocycles. The van der Waals surface area contributed by atoms with Gasteiger partial charge in [-0.2, -0.15) is 0 Å². The number of hydrogen-bond acceptors (Lipinski definition) is 4. The Morgan fingerprint density at radius 1 is 1.19 bits per heavy atom. The summed E-state index contributed by atoms with van der Waals surface area (Å²) in [6.07, 6.45) is 0. The molecule has 1 unspecified atom stereocenters. The molecule has 1 atom stereocenters. The summed E-state index contributed by atoms with van der Waals surface area (Å²) in [6.45, 7) is 2.22. The second-order valence-electron chi connectivity index (χ2n) is 6.25. The highest BCUT2D eigenvalue weighted by molar-refractivity contribution is 6.42. The lowest BCUT2D eigenvalue weighted by Gasteiger charge is -2.27. The fraction of sp³-hybridized carbons (Fsp3) is 0.200. The lowest BCUT2D eigenvalue weighted by Crippen LogP contribution is -2.34. The summed E-state index contributed by atoms with van der Waals surface area (Å²) in [6, 6.07) is 16.1. The Morgan fingerprint density at radius 2 is 1.93 bits per heavy atom. The molecule has 7 heteroatoms. The molecule has 0 fully saturated rings. The van der Waals surface area contributed by atoms with Crippen LogP contribution in [-0.2, 0) is 11.3 Å². The summed E-state index contributed by atoms with van der Waals surface area (Å²) in [4.78, 5) is 14.9. The number of rotatable bonds is 6. The SMILES string of the molecule is Cc1cc(NC(=O)C(c2ccccc2)N(C)Cc2cccc(Cl)c2Cl)no1. The molecular weight excluding hydrogens is 385 g/mol. The lowest BCUT2D eigenvalue weighted by atomic mass is 10.0. The van der Waals surface area contributed by atoms with Crippen LogP contribution in [0.25, 0.3) is 0 Å². The van der Waals surface area contributed by atoms with Gasteiger partial charge in [-0.05, 0) is 31.2 Å². The quantitative estimate of drug-likeness (QED) is 0.621. The Morgan fingerprint density at radius 3 is 2.59 bits per heavy atom. The molecule has 5 nitrogen and oxygen atoms in total. The van der Waals surface area contributed by atoms with Crippen molar-refractivity contribution in [3.8, 4) is 0 Å². The number of benzene rings is 2. The second kappa shape index (κ2) is 8.57. The highest BCUT2D eigenvalue weighted by Crippen LogP contribution is 2.29. The molecule has 27 heavy (non-hydrogen) atoms. The van der Waals surface area contributed by atoms with Crippen LogP contribution < -0.4 is 5.32 Å². The molecule has 0 bridgehead atoms. The molecule has 3 rings (SSSR count). The third-order valence-electron chi connectivity index (χ3n) is 4.13. The predicted molar refractivity (Wildman–Crippen MR) is 107 cm³/mol. The minimum absolute atomic E-state index is 0.213. The first-order chi connectivity index (χ1) is 13.0. The van der Waals surface area contributed by atoms with E-state index < -0.39 is 6.04 Å². The minimum atomic E-state index is -0.543. The molecule has 0 aliphatic heterocycles. The van der Waals surface area contributed by atoms with Crippen molar-refractivity contribution >= 4 is 34.9 Å². The number of carbonyl (C=O) groups excluding carboxylic acids is 1. The van der Waals surface area contributed by atoms with Crippen molar-refractivity contribution in [2.45, 2.75) is 19.5 Å². The minimum Gasteiger partial charge on any atom is -0.360 e. The number of amides is 1. The van der Waals surface area contributed by atoms with Crippen molar-refractivity contribution in [1.82, 2.24) is 10.1 Å². The molecule has 140 valence electrons. The fourth-order valence-electron chi connectivity index (χ4n) is 2.89. The van der Waals surface area contributed by atoms with Gasteiger partial charge in [-0.3, -0.25) is 9.69 Å². The first-order valence-corrected chi connectivity index (χ1v) is 9.13. The van der Waals surface area contributed by atoms with Crippen molar-refractivity contribution in [2.24, 2.45) is 0 Å². The van der Waals surface area contributed by atoms with Gasteiger partial charge in [-0.15, -0.1) is 0 Å². The van der Waals surface area contributed by atoms with E-state index in [-0.39, 0.29) is 5.91 Å². The Balaban J connectivity index is 1.87. The van der Waals surface area contributed by atoms with E-state index in [0.717, 1.165) is 11.1 Å². The van der Waals surface area contributed by atoms with Gasteiger partial charge in [0.2, 0.25) is 5.91 Å². The smallest absolute Gasteiger partial charge is 0.247 e. The highest BCUT2D eigenvalue weighted by atomic mass is 35.5. The monoisotopic (exact) mass is 403 g/mol. The molecule has 0 saturated heterocycles. The molecule has 0 radical (unpaired) electrons. The van der Waals surface area contributed by atoms with E-state index in [4.69, 9.17) is 27.7 Å². The normalized spacial score (nSPS) is 12.2. The van der Waals surface area contributed by atoms with Gasteiger partial charge in [-0.1, -0.05) is 70.8 Å². The molecule has 2 aromatic carbocycles. The Labute approximate surface area is 167 Å². The summed E-state index contributed by atoms with van der Waals surface area (Å²) >= 11 is 12.4. The molecule has 0 spiro atoms. The van der Waals surface area contributed by atoms with Gasteiger partial charge in [0, 0.05) is 12.6 Å². The summed E-state index contributed by atoms with van der Waals surface area (Å²) < 4.78 is 5.03. The summed E-state index contributed by atoms with van der Waals surface area (Å²) in [5.41, 5.74) is 1.70. The maximum atomic E-state index is 13.0. The van der Waals surface area contributed by atoms with Crippen molar-refractivity contribution < 1.29 is 9.32 Å². The molecule has 1 amide bonds. The molecule has 0 saturated carbocycles. The van der Waals surface area contributed by atoms with Crippen LogP contribution in [0.15, 0.2) is 59.1 Å². The Bertz CT molecular complexity index is 928. The predicted octanol–water partition coefficient (Wildman–Crippen LogP) is 5.10. The van der Waals surface area contributed by atoms with Crippen LogP contribution in [0.3, 0.4) is 0 Å². The van der Waals surface area contributed by atoms with E-state index in [2.05, 4.69) is 10.5 Å². The number of hydrogen-bond donors (Lipinski definition) is 1. The van der Waals surface area contributed by atoms with Crippen LogP contribution in [0.4, 0.5) is 5.82 Å². The third kappa shape index (κ3) is 4.69. The van der Waals surface area contributed by atoms with E-state index in [0.29, 0.717) is 28.2 Å². The van der Waals surface area contributed by atoms with Gasteiger partial charge in [0.1, 0.15) is 11.8 Å². The summed E-state index contributed by atoms with van der Waals surface area (Å²) in [7, 11) is 1.86. The topological polar surface area (TPSA) is 58.4 Å². The number of nitrogens with zero attached hydrogens (tertiary/aromatic N) is 2. The molecule has 3 aromatic rings. The van der Waals surface area contributed by atoms with E-state index in [1.807, 2.05) is 54.4 Å². The zero-order chi connectivity index (χ0) is 19.4. The van der Waals surface area contributed by atoms with E-state index >= 15 is 0 Å². The molecule has 1 heterocycles. The van der Waals surface area contributed by atoms with Crippen molar-refractivity contribution in [1.29, 1.82) is 0 Å². The number of carbonyl (C=O) groups is 1. The van der Waals surface area contributed by atoms with Crippen LogP contribution in [-0.4, -0.2) is 23.0 Å². The number of nitrogens with one attached hydrogen (secondary N) is 1. The fourth-order valence-corrected chi connectivity index (χ4v) is 3.27. The van der Waals surface area contributed by atoms with Crippen LogP contribution in [0.1, 0.15) is 22.9 Å².